The fourth-order valence-electron chi connectivity index (χ4n) is 3.69. The SMILES string of the molecule is CCOc1ccc(NS(=O)(=O)c2cc(C(=O)N3CCc4ccccc4C3)ccc2Cl)cc1. The molecule has 3 aromatic carbocycles. The second-order valence-electron chi connectivity index (χ2n) is 7.45. The zero-order chi connectivity index (χ0) is 22.7. The summed E-state index contributed by atoms with van der Waals surface area (Å²) in [4.78, 5) is 14.7. The van der Waals surface area contributed by atoms with Gasteiger partial charge in [0.15, 0.2) is 0 Å². The maximum absolute atomic E-state index is 13.1. The molecule has 166 valence electrons. The van der Waals surface area contributed by atoms with E-state index in [0.29, 0.717) is 31.1 Å². The van der Waals surface area contributed by atoms with Crippen molar-refractivity contribution in [3.05, 3.63) is 88.4 Å². The van der Waals surface area contributed by atoms with Gasteiger partial charge >= 0.3 is 0 Å². The molecule has 1 N–H and O–H groups in total. The predicted molar refractivity (Wildman–Crippen MR) is 125 cm³/mol. The van der Waals surface area contributed by atoms with Crippen LogP contribution in [0.25, 0.3) is 0 Å². The molecule has 0 unspecified atom stereocenters. The number of halogens is 1. The zero-order valence-corrected chi connectivity index (χ0v) is 19.1. The van der Waals surface area contributed by atoms with E-state index in [2.05, 4.69) is 10.8 Å². The summed E-state index contributed by atoms with van der Waals surface area (Å²) >= 11 is 6.21. The van der Waals surface area contributed by atoms with Crippen molar-refractivity contribution in [2.24, 2.45) is 0 Å². The highest BCUT2D eigenvalue weighted by Gasteiger charge is 2.25. The Balaban J connectivity index is 1.56. The number of fused-ring (bicyclic) bond motifs is 1. The van der Waals surface area contributed by atoms with Gasteiger partial charge in [-0.15, -0.1) is 0 Å². The smallest absolute Gasteiger partial charge is 0.263 e. The van der Waals surface area contributed by atoms with Crippen molar-refractivity contribution in [1.29, 1.82) is 0 Å². The summed E-state index contributed by atoms with van der Waals surface area (Å²) in [5.41, 5.74) is 2.98. The molecule has 0 fully saturated rings. The van der Waals surface area contributed by atoms with Crippen molar-refractivity contribution in [1.82, 2.24) is 4.90 Å². The number of rotatable bonds is 6. The van der Waals surface area contributed by atoms with E-state index in [9.17, 15) is 13.2 Å². The molecule has 32 heavy (non-hydrogen) atoms. The third-order valence-electron chi connectivity index (χ3n) is 5.30. The van der Waals surface area contributed by atoms with Gasteiger partial charge < -0.3 is 9.64 Å². The second-order valence-corrected chi connectivity index (χ2v) is 9.51. The number of benzene rings is 3. The van der Waals surface area contributed by atoms with Gasteiger partial charge in [-0.2, -0.15) is 0 Å². The maximum Gasteiger partial charge on any atom is 0.263 e. The summed E-state index contributed by atoms with van der Waals surface area (Å²) in [5, 5.41) is 0.0453. The number of ether oxygens (including phenoxy) is 1. The minimum atomic E-state index is -4.00. The number of sulfonamides is 1. The number of hydrogen-bond donors (Lipinski definition) is 1. The van der Waals surface area contributed by atoms with Gasteiger partial charge in [0.2, 0.25) is 0 Å². The topological polar surface area (TPSA) is 75.7 Å². The van der Waals surface area contributed by atoms with Gasteiger partial charge in [0.25, 0.3) is 15.9 Å². The van der Waals surface area contributed by atoms with Gasteiger partial charge in [0.1, 0.15) is 10.6 Å². The summed E-state index contributed by atoms with van der Waals surface area (Å²) in [6, 6.07) is 18.9. The van der Waals surface area contributed by atoms with Crippen LogP contribution >= 0.6 is 11.6 Å². The summed E-state index contributed by atoms with van der Waals surface area (Å²) < 4.78 is 33.9. The lowest BCUT2D eigenvalue weighted by molar-refractivity contribution is 0.0734. The maximum atomic E-state index is 13.1. The average Bonchev–Trinajstić information content (AvgIpc) is 2.80. The first-order valence-corrected chi connectivity index (χ1v) is 12.1. The van der Waals surface area contributed by atoms with Crippen LogP contribution in [-0.2, 0) is 23.0 Å². The monoisotopic (exact) mass is 470 g/mol. The molecule has 0 atom stereocenters. The lowest BCUT2D eigenvalue weighted by Gasteiger charge is -2.29. The highest BCUT2D eigenvalue weighted by Crippen LogP contribution is 2.27. The van der Waals surface area contributed by atoms with Crippen LogP contribution in [0.1, 0.15) is 28.4 Å². The number of carbonyl (C=O) groups is 1. The highest BCUT2D eigenvalue weighted by atomic mass is 35.5. The van der Waals surface area contributed by atoms with Crippen LogP contribution in [0, 0.1) is 0 Å². The molecule has 0 aliphatic carbocycles. The Morgan fingerprint density at radius 1 is 1.06 bits per heavy atom. The van der Waals surface area contributed by atoms with E-state index >= 15 is 0 Å². The lowest BCUT2D eigenvalue weighted by Crippen LogP contribution is -2.36. The predicted octanol–water partition coefficient (Wildman–Crippen LogP) is 4.74. The third-order valence-corrected chi connectivity index (χ3v) is 7.17. The Labute approximate surface area is 192 Å². The Bertz CT molecular complexity index is 1240. The first kappa shape index (κ1) is 22.2. The van der Waals surface area contributed by atoms with E-state index in [4.69, 9.17) is 16.3 Å². The molecule has 6 nitrogen and oxygen atoms in total. The van der Waals surface area contributed by atoms with Gasteiger partial charge in [-0.3, -0.25) is 9.52 Å². The van der Waals surface area contributed by atoms with Crippen LogP contribution < -0.4 is 9.46 Å². The molecule has 0 bridgehead atoms. The molecule has 0 spiro atoms. The van der Waals surface area contributed by atoms with Crippen LogP contribution in [-0.4, -0.2) is 32.4 Å². The molecule has 1 aliphatic heterocycles. The first-order chi connectivity index (χ1) is 15.4. The third kappa shape index (κ3) is 4.74. The van der Waals surface area contributed by atoms with Gasteiger partial charge in [0.05, 0.1) is 11.6 Å². The normalized spacial score (nSPS) is 13.4. The van der Waals surface area contributed by atoms with E-state index in [-0.39, 0.29) is 21.4 Å². The van der Waals surface area contributed by atoms with Gasteiger partial charge in [-0.25, -0.2) is 8.42 Å². The van der Waals surface area contributed by atoms with Crippen molar-refractivity contribution in [2.45, 2.75) is 24.8 Å². The van der Waals surface area contributed by atoms with Crippen molar-refractivity contribution in [3.63, 3.8) is 0 Å². The number of nitrogens with zero attached hydrogens (tertiary/aromatic N) is 1. The van der Waals surface area contributed by atoms with Crippen molar-refractivity contribution in [2.75, 3.05) is 17.9 Å². The molecule has 1 heterocycles. The van der Waals surface area contributed by atoms with Crippen LogP contribution in [0.4, 0.5) is 5.69 Å². The van der Waals surface area contributed by atoms with E-state index in [0.717, 1.165) is 12.0 Å². The van der Waals surface area contributed by atoms with Gasteiger partial charge in [-0.05, 0) is 66.9 Å². The van der Waals surface area contributed by atoms with Crippen LogP contribution in [0.3, 0.4) is 0 Å². The molecular weight excluding hydrogens is 448 g/mol. The average molecular weight is 471 g/mol. The fourth-order valence-corrected chi connectivity index (χ4v) is 5.28. The van der Waals surface area contributed by atoms with Crippen LogP contribution in [0.5, 0.6) is 5.75 Å². The molecule has 1 amide bonds. The molecule has 8 heteroatoms. The summed E-state index contributed by atoms with van der Waals surface area (Å²) in [5.74, 6) is 0.415. The summed E-state index contributed by atoms with van der Waals surface area (Å²) in [6.45, 7) is 3.45. The molecule has 4 rings (SSSR count). The second kappa shape index (κ2) is 9.22. The van der Waals surface area contributed by atoms with E-state index in [1.54, 1.807) is 35.2 Å². The quantitative estimate of drug-likeness (QED) is 0.564. The van der Waals surface area contributed by atoms with E-state index in [1.807, 2.05) is 25.1 Å². The molecule has 3 aromatic rings. The Morgan fingerprint density at radius 3 is 2.50 bits per heavy atom. The van der Waals surface area contributed by atoms with Crippen molar-refractivity contribution >= 4 is 33.2 Å². The van der Waals surface area contributed by atoms with Gasteiger partial charge in [0, 0.05) is 24.3 Å². The Morgan fingerprint density at radius 2 is 1.78 bits per heavy atom. The molecule has 0 radical (unpaired) electrons. The molecule has 1 aliphatic rings. The van der Waals surface area contributed by atoms with E-state index in [1.165, 1.54) is 17.7 Å². The number of hydrogen-bond acceptors (Lipinski definition) is 4. The van der Waals surface area contributed by atoms with Gasteiger partial charge in [-0.1, -0.05) is 35.9 Å². The zero-order valence-electron chi connectivity index (χ0n) is 17.5. The molecule has 0 saturated carbocycles. The number of carbonyl (C=O) groups excluding carboxylic acids is 1. The first-order valence-electron chi connectivity index (χ1n) is 10.3. The number of amides is 1. The number of anilines is 1. The Hall–Kier alpha value is -3.03. The minimum absolute atomic E-state index is 0.0453. The fraction of sp³-hybridized carbons (Fsp3) is 0.208. The van der Waals surface area contributed by atoms with Crippen LogP contribution in [0.2, 0.25) is 5.02 Å². The molecule has 0 saturated heterocycles. The summed E-state index contributed by atoms with van der Waals surface area (Å²) in [7, 11) is -4.00. The van der Waals surface area contributed by atoms with Crippen molar-refractivity contribution in [3.8, 4) is 5.75 Å². The highest BCUT2D eigenvalue weighted by molar-refractivity contribution is 7.92. The standard InChI is InChI=1S/C24H23ClN2O4S/c1-2-31-21-10-8-20(9-11-21)26-32(29,30)23-15-18(7-12-22(23)25)24(28)27-14-13-17-5-3-4-6-19(17)16-27/h3-12,15,26H,2,13-14,16H2,1H3. The summed E-state index contributed by atoms with van der Waals surface area (Å²) in [6.07, 6.45) is 0.764. The lowest BCUT2D eigenvalue weighted by atomic mass is 9.99. The number of nitrogens with one attached hydrogen (secondary N) is 1. The molecular formula is C24H23ClN2O4S. The van der Waals surface area contributed by atoms with E-state index < -0.39 is 10.0 Å². The molecule has 0 aromatic heterocycles. The van der Waals surface area contributed by atoms with Crippen LogP contribution in [0.15, 0.2) is 71.6 Å². The van der Waals surface area contributed by atoms with Crippen molar-refractivity contribution < 1.29 is 17.9 Å². The minimum Gasteiger partial charge on any atom is -0.494 e. The largest absolute Gasteiger partial charge is 0.494 e. The Kier molecular flexibility index (Phi) is 6.39.